The molecular weight excluding hydrogens is 282 g/mol. The Morgan fingerprint density at radius 1 is 1.18 bits per heavy atom. The van der Waals surface area contributed by atoms with Crippen LogP contribution in [0.25, 0.3) is 0 Å². The van der Waals surface area contributed by atoms with Gasteiger partial charge in [-0.05, 0) is 12.5 Å². The number of nitrogens with zero attached hydrogens (tertiary/aromatic N) is 1. The SMILES string of the molecule is C[C@@H](NC(=O)C(=O)NCCN1CCOCC1)c1ccccc1. The van der Waals surface area contributed by atoms with E-state index in [1.807, 2.05) is 37.3 Å². The molecule has 6 nitrogen and oxygen atoms in total. The molecule has 1 aliphatic heterocycles. The second kappa shape index (κ2) is 8.51. The summed E-state index contributed by atoms with van der Waals surface area (Å²) in [5.41, 5.74) is 0.969. The molecule has 1 fully saturated rings. The van der Waals surface area contributed by atoms with Gasteiger partial charge in [0.25, 0.3) is 0 Å². The first-order valence-electron chi connectivity index (χ1n) is 7.60. The van der Waals surface area contributed by atoms with Crippen LogP contribution in [0.5, 0.6) is 0 Å². The summed E-state index contributed by atoms with van der Waals surface area (Å²) in [6.45, 7) is 6.24. The maximum absolute atomic E-state index is 11.9. The fourth-order valence-electron chi connectivity index (χ4n) is 2.32. The van der Waals surface area contributed by atoms with Gasteiger partial charge in [-0.3, -0.25) is 14.5 Å². The largest absolute Gasteiger partial charge is 0.379 e. The van der Waals surface area contributed by atoms with E-state index in [9.17, 15) is 9.59 Å². The average Bonchev–Trinajstić information content (AvgIpc) is 2.56. The first-order chi connectivity index (χ1) is 10.7. The van der Waals surface area contributed by atoms with Crippen LogP contribution in [0, 0.1) is 0 Å². The summed E-state index contributed by atoms with van der Waals surface area (Å²) in [6.07, 6.45) is 0. The van der Waals surface area contributed by atoms with Crippen LogP contribution in [0.2, 0.25) is 0 Å². The molecule has 0 spiro atoms. The quantitative estimate of drug-likeness (QED) is 0.768. The molecule has 0 saturated carbocycles. The monoisotopic (exact) mass is 305 g/mol. The zero-order valence-electron chi connectivity index (χ0n) is 12.9. The molecule has 6 heteroatoms. The van der Waals surface area contributed by atoms with Crippen LogP contribution >= 0.6 is 0 Å². The van der Waals surface area contributed by atoms with Gasteiger partial charge in [-0.25, -0.2) is 0 Å². The van der Waals surface area contributed by atoms with Crippen molar-refractivity contribution in [1.29, 1.82) is 0 Å². The molecule has 0 radical (unpaired) electrons. The van der Waals surface area contributed by atoms with E-state index in [1.54, 1.807) is 0 Å². The predicted octanol–water partition coefficient (Wildman–Crippen LogP) is 0.312. The topological polar surface area (TPSA) is 70.7 Å². The third-order valence-electron chi connectivity index (χ3n) is 3.67. The van der Waals surface area contributed by atoms with Gasteiger partial charge < -0.3 is 15.4 Å². The van der Waals surface area contributed by atoms with E-state index in [2.05, 4.69) is 15.5 Å². The summed E-state index contributed by atoms with van der Waals surface area (Å²) in [4.78, 5) is 25.8. The molecule has 0 aliphatic carbocycles. The molecule has 2 N–H and O–H groups in total. The lowest BCUT2D eigenvalue weighted by Gasteiger charge is -2.26. The Hall–Kier alpha value is -1.92. The predicted molar refractivity (Wildman–Crippen MR) is 83.3 cm³/mol. The number of ether oxygens (including phenoxy) is 1. The van der Waals surface area contributed by atoms with Crippen LogP contribution in [0.15, 0.2) is 30.3 Å². The molecule has 0 aromatic heterocycles. The average molecular weight is 305 g/mol. The van der Waals surface area contributed by atoms with Crippen LogP contribution in [0.1, 0.15) is 18.5 Å². The van der Waals surface area contributed by atoms with Crippen molar-refractivity contribution in [2.24, 2.45) is 0 Å². The molecule has 0 bridgehead atoms. The molecule has 2 rings (SSSR count). The third-order valence-corrected chi connectivity index (χ3v) is 3.67. The van der Waals surface area contributed by atoms with E-state index in [-0.39, 0.29) is 6.04 Å². The molecule has 1 aromatic rings. The summed E-state index contributed by atoms with van der Waals surface area (Å²) in [5.74, 6) is -1.19. The van der Waals surface area contributed by atoms with E-state index in [0.717, 1.165) is 38.4 Å². The van der Waals surface area contributed by atoms with Crippen molar-refractivity contribution in [2.45, 2.75) is 13.0 Å². The van der Waals surface area contributed by atoms with Gasteiger partial charge in [0.1, 0.15) is 0 Å². The molecule has 1 heterocycles. The zero-order valence-corrected chi connectivity index (χ0v) is 12.9. The van der Waals surface area contributed by atoms with E-state index in [4.69, 9.17) is 4.74 Å². The van der Waals surface area contributed by atoms with Gasteiger partial charge in [0.2, 0.25) is 0 Å². The van der Waals surface area contributed by atoms with Crippen LogP contribution < -0.4 is 10.6 Å². The molecule has 1 saturated heterocycles. The number of carbonyl (C=O) groups is 2. The lowest BCUT2D eigenvalue weighted by Crippen LogP contribution is -2.45. The summed E-state index contributed by atoms with van der Waals surface area (Å²) in [7, 11) is 0. The van der Waals surface area contributed by atoms with Gasteiger partial charge in [-0.2, -0.15) is 0 Å². The smallest absolute Gasteiger partial charge is 0.309 e. The minimum absolute atomic E-state index is 0.196. The van der Waals surface area contributed by atoms with Crippen molar-refractivity contribution in [3.05, 3.63) is 35.9 Å². The summed E-state index contributed by atoms with van der Waals surface area (Å²) >= 11 is 0. The van der Waals surface area contributed by atoms with Crippen LogP contribution in [0.4, 0.5) is 0 Å². The highest BCUT2D eigenvalue weighted by Gasteiger charge is 2.17. The van der Waals surface area contributed by atoms with Crippen molar-refractivity contribution in [2.75, 3.05) is 39.4 Å². The molecular formula is C16H23N3O3. The van der Waals surface area contributed by atoms with Crippen molar-refractivity contribution in [3.8, 4) is 0 Å². The van der Waals surface area contributed by atoms with Crippen molar-refractivity contribution in [3.63, 3.8) is 0 Å². The summed E-state index contributed by atoms with van der Waals surface area (Å²) in [5, 5.41) is 5.35. The fraction of sp³-hybridized carbons (Fsp3) is 0.500. The highest BCUT2D eigenvalue weighted by molar-refractivity contribution is 6.35. The second-order valence-corrected chi connectivity index (χ2v) is 5.32. The summed E-state index contributed by atoms with van der Waals surface area (Å²) < 4.78 is 5.26. The Bertz CT molecular complexity index is 487. The highest BCUT2D eigenvalue weighted by Crippen LogP contribution is 2.10. The van der Waals surface area contributed by atoms with Gasteiger partial charge in [0.15, 0.2) is 0 Å². The normalized spacial score (nSPS) is 16.8. The Kier molecular flexibility index (Phi) is 6.36. The first kappa shape index (κ1) is 16.5. The lowest BCUT2D eigenvalue weighted by molar-refractivity contribution is -0.139. The molecule has 120 valence electrons. The fourth-order valence-corrected chi connectivity index (χ4v) is 2.32. The van der Waals surface area contributed by atoms with Gasteiger partial charge in [0.05, 0.1) is 19.3 Å². The van der Waals surface area contributed by atoms with Crippen LogP contribution in [-0.2, 0) is 14.3 Å². The standard InChI is InChI=1S/C16H23N3O3/c1-13(14-5-3-2-4-6-14)18-16(21)15(20)17-7-8-19-9-11-22-12-10-19/h2-6,13H,7-12H2,1H3,(H,17,20)(H,18,21)/t13-/m1/s1. The van der Waals surface area contributed by atoms with E-state index < -0.39 is 11.8 Å². The number of rotatable bonds is 5. The Balaban J connectivity index is 1.69. The Morgan fingerprint density at radius 3 is 2.55 bits per heavy atom. The molecule has 1 atom stereocenters. The van der Waals surface area contributed by atoms with Crippen molar-refractivity contribution >= 4 is 11.8 Å². The number of hydrogen-bond donors (Lipinski definition) is 2. The van der Waals surface area contributed by atoms with Gasteiger partial charge in [-0.15, -0.1) is 0 Å². The van der Waals surface area contributed by atoms with Gasteiger partial charge in [0, 0.05) is 26.2 Å². The molecule has 1 aromatic carbocycles. The summed E-state index contributed by atoms with van der Waals surface area (Å²) in [6, 6.07) is 9.36. The number of carbonyl (C=O) groups excluding carboxylic acids is 2. The number of benzene rings is 1. The van der Waals surface area contributed by atoms with E-state index in [1.165, 1.54) is 0 Å². The molecule has 2 amide bonds. The Morgan fingerprint density at radius 2 is 1.86 bits per heavy atom. The molecule has 1 aliphatic rings. The second-order valence-electron chi connectivity index (χ2n) is 5.32. The molecule has 22 heavy (non-hydrogen) atoms. The maximum atomic E-state index is 11.9. The first-order valence-corrected chi connectivity index (χ1v) is 7.60. The van der Waals surface area contributed by atoms with Gasteiger partial charge >= 0.3 is 11.8 Å². The zero-order chi connectivity index (χ0) is 15.8. The van der Waals surface area contributed by atoms with E-state index in [0.29, 0.717) is 6.54 Å². The highest BCUT2D eigenvalue weighted by atomic mass is 16.5. The number of amides is 2. The number of hydrogen-bond acceptors (Lipinski definition) is 4. The number of nitrogens with one attached hydrogen (secondary N) is 2. The minimum atomic E-state index is -0.599. The van der Waals surface area contributed by atoms with Crippen LogP contribution in [-0.4, -0.2) is 56.1 Å². The maximum Gasteiger partial charge on any atom is 0.309 e. The van der Waals surface area contributed by atoms with E-state index >= 15 is 0 Å². The lowest BCUT2D eigenvalue weighted by atomic mass is 10.1. The van der Waals surface area contributed by atoms with Crippen LogP contribution in [0.3, 0.4) is 0 Å². The number of morpholine rings is 1. The molecule has 0 unspecified atom stereocenters. The third kappa shape index (κ3) is 5.13. The Labute approximate surface area is 130 Å². The van der Waals surface area contributed by atoms with Crippen molar-refractivity contribution < 1.29 is 14.3 Å². The minimum Gasteiger partial charge on any atom is -0.379 e. The van der Waals surface area contributed by atoms with Crippen molar-refractivity contribution in [1.82, 2.24) is 15.5 Å². The van der Waals surface area contributed by atoms with Gasteiger partial charge in [-0.1, -0.05) is 30.3 Å².